The number of amides is 1. The summed E-state index contributed by atoms with van der Waals surface area (Å²) in [5, 5.41) is 18.0. The van der Waals surface area contributed by atoms with Crippen LogP contribution in [0.3, 0.4) is 0 Å². The van der Waals surface area contributed by atoms with Gasteiger partial charge in [-0.3, -0.25) is 20.3 Å². The number of carbonyl (C=O) groups is 1. The summed E-state index contributed by atoms with van der Waals surface area (Å²) < 4.78 is 44.1. The van der Waals surface area contributed by atoms with E-state index < -0.39 is 23.6 Å². The number of rotatable bonds is 7. The number of amidine groups is 1. The van der Waals surface area contributed by atoms with Crippen LogP contribution in [0.2, 0.25) is 0 Å². The van der Waals surface area contributed by atoms with Gasteiger partial charge in [0.1, 0.15) is 18.2 Å². The lowest BCUT2D eigenvalue weighted by Crippen LogP contribution is -2.43. The van der Waals surface area contributed by atoms with Crippen molar-refractivity contribution >= 4 is 23.1 Å². The lowest BCUT2D eigenvalue weighted by Gasteiger charge is -2.24. The molecule has 2 rings (SSSR count). The summed E-state index contributed by atoms with van der Waals surface area (Å²) in [5.41, 5.74) is 5.25. The molecule has 148 valence electrons. The summed E-state index contributed by atoms with van der Waals surface area (Å²) in [6, 6.07) is 10.2. The molecule has 0 fully saturated rings. The average Bonchev–Trinajstić information content (AvgIpc) is 2.64. The first kappa shape index (κ1) is 20.7. The SMILES string of the molecule is N=C(N)c1cccc(OCCN(C(=O)C(F)(F)F)c2ccc([N+](=O)[O-])cc2)c1. The minimum Gasteiger partial charge on any atom is -0.492 e. The Bertz CT molecular complexity index is 885. The summed E-state index contributed by atoms with van der Waals surface area (Å²) in [7, 11) is 0. The molecule has 2 aromatic rings. The van der Waals surface area contributed by atoms with E-state index >= 15 is 0 Å². The number of carbonyl (C=O) groups excluding carboxylic acids is 1. The minimum absolute atomic E-state index is 0.158. The number of ether oxygens (including phenoxy) is 1. The van der Waals surface area contributed by atoms with E-state index in [1.165, 1.54) is 12.1 Å². The van der Waals surface area contributed by atoms with E-state index in [1.807, 2.05) is 0 Å². The Morgan fingerprint density at radius 2 is 1.86 bits per heavy atom. The molecule has 0 saturated heterocycles. The molecule has 2 aromatic carbocycles. The zero-order valence-electron chi connectivity index (χ0n) is 14.3. The molecule has 0 aliphatic carbocycles. The van der Waals surface area contributed by atoms with Crippen LogP contribution in [-0.4, -0.2) is 36.0 Å². The fraction of sp³-hybridized carbons (Fsp3) is 0.176. The zero-order valence-corrected chi connectivity index (χ0v) is 14.3. The maximum atomic E-state index is 12.9. The van der Waals surface area contributed by atoms with E-state index in [9.17, 15) is 28.1 Å². The third kappa shape index (κ3) is 5.19. The highest BCUT2D eigenvalue weighted by atomic mass is 19.4. The molecule has 0 heterocycles. The number of nitrogens with one attached hydrogen (secondary N) is 1. The molecule has 3 N–H and O–H groups in total. The van der Waals surface area contributed by atoms with Crippen molar-refractivity contribution in [3.63, 3.8) is 0 Å². The Morgan fingerprint density at radius 3 is 2.39 bits per heavy atom. The van der Waals surface area contributed by atoms with Gasteiger partial charge in [0.15, 0.2) is 0 Å². The second-order valence-corrected chi connectivity index (χ2v) is 5.52. The molecule has 8 nitrogen and oxygen atoms in total. The average molecular weight is 396 g/mol. The molecule has 0 aromatic heterocycles. The molecule has 0 saturated carbocycles. The van der Waals surface area contributed by atoms with Gasteiger partial charge in [0.25, 0.3) is 5.69 Å². The number of anilines is 1. The van der Waals surface area contributed by atoms with Gasteiger partial charge in [-0.15, -0.1) is 0 Å². The number of nitrogens with two attached hydrogens (primary N) is 1. The molecular weight excluding hydrogens is 381 g/mol. The molecule has 0 atom stereocenters. The molecule has 0 radical (unpaired) electrons. The Kier molecular flexibility index (Phi) is 6.18. The fourth-order valence-electron chi connectivity index (χ4n) is 2.26. The fourth-order valence-corrected chi connectivity index (χ4v) is 2.26. The van der Waals surface area contributed by atoms with Crippen LogP contribution >= 0.6 is 0 Å². The number of alkyl halides is 3. The molecule has 11 heteroatoms. The first-order valence-corrected chi connectivity index (χ1v) is 7.80. The monoisotopic (exact) mass is 396 g/mol. The zero-order chi connectivity index (χ0) is 20.9. The molecule has 0 aliphatic heterocycles. The quantitative estimate of drug-likeness (QED) is 0.322. The van der Waals surface area contributed by atoms with E-state index in [-0.39, 0.29) is 29.6 Å². The molecule has 0 bridgehead atoms. The van der Waals surface area contributed by atoms with Gasteiger partial charge in [-0.25, -0.2) is 0 Å². The molecule has 1 amide bonds. The van der Waals surface area contributed by atoms with Gasteiger partial charge in [0.05, 0.1) is 11.5 Å². The first-order valence-electron chi connectivity index (χ1n) is 7.80. The summed E-state index contributed by atoms with van der Waals surface area (Å²) in [6.07, 6.45) is -5.13. The summed E-state index contributed by atoms with van der Waals surface area (Å²) in [5.74, 6) is -2.07. The highest BCUT2D eigenvalue weighted by Gasteiger charge is 2.43. The van der Waals surface area contributed by atoms with Crippen LogP contribution in [-0.2, 0) is 4.79 Å². The minimum atomic E-state index is -5.13. The number of non-ortho nitro benzene ring substituents is 1. The first-order chi connectivity index (χ1) is 13.1. The van der Waals surface area contributed by atoms with Crippen LogP contribution < -0.4 is 15.4 Å². The Labute approximate surface area is 157 Å². The number of nitro benzene ring substituents is 1. The number of nitrogens with zero attached hydrogens (tertiary/aromatic N) is 2. The smallest absolute Gasteiger partial charge is 0.471 e. The number of hydrogen-bond donors (Lipinski definition) is 2. The van der Waals surface area contributed by atoms with Crippen LogP contribution in [0.1, 0.15) is 5.56 Å². The Morgan fingerprint density at radius 1 is 1.21 bits per heavy atom. The third-order valence-corrected chi connectivity index (χ3v) is 3.59. The van der Waals surface area contributed by atoms with Crippen LogP contribution in [0.5, 0.6) is 5.75 Å². The molecule has 28 heavy (non-hydrogen) atoms. The largest absolute Gasteiger partial charge is 0.492 e. The summed E-state index contributed by atoms with van der Waals surface area (Å²) in [6.45, 7) is -0.749. The van der Waals surface area contributed by atoms with Crippen LogP contribution in [0.25, 0.3) is 0 Å². The second kappa shape index (κ2) is 8.37. The second-order valence-electron chi connectivity index (χ2n) is 5.52. The highest BCUT2D eigenvalue weighted by Crippen LogP contribution is 2.25. The number of hydrogen-bond acceptors (Lipinski definition) is 5. The molecule has 0 aliphatic rings. The van der Waals surface area contributed by atoms with E-state index in [2.05, 4.69) is 0 Å². The maximum Gasteiger partial charge on any atom is 0.471 e. The number of halogens is 3. The maximum absolute atomic E-state index is 12.9. The third-order valence-electron chi connectivity index (χ3n) is 3.59. The van der Waals surface area contributed by atoms with Crippen molar-refractivity contribution in [1.82, 2.24) is 0 Å². The summed E-state index contributed by atoms with van der Waals surface area (Å²) in [4.78, 5) is 22.1. The predicted molar refractivity (Wildman–Crippen MR) is 94.5 cm³/mol. The van der Waals surface area contributed by atoms with Crippen molar-refractivity contribution in [2.24, 2.45) is 5.73 Å². The molecule has 0 unspecified atom stereocenters. The normalized spacial score (nSPS) is 11.0. The molecular formula is C17H15F3N4O4. The van der Waals surface area contributed by atoms with Crippen molar-refractivity contribution in [2.45, 2.75) is 6.18 Å². The van der Waals surface area contributed by atoms with Gasteiger partial charge in [0, 0.05) is 23.4 Å². The van der Waals surface area contributed by atoms with Gasteiger partial charge in [-0.05, 0) is 24.3 Å². The van der Waals surface area contributed by atoms with Gasteiger partial charge in [0.2, 0.25) is 0 Å². The van der Waals surface area contributed by atoms with Crippen molar-refractivity contribution in [3.8, 4) is 5.75 Å². The number of benzene rings is 2. The van der Waals surface area contributed by atoms with Gasteiger partial charge in [-0.2, -0.15) is 13.2 Å². The van der Waals surface area contributed by atoms with Crippen molar-refractivity contribution < 1.29 is 27.6 Å². The van der Waals surface area contributed by atoms with Gasteiger partial charge in [-0.1, -0.05) is 12.1 Å². The standard InChI is InChI=1S/C17H15F3N4O4/c18-17(19,20)16(25)23(12-4-6-13(7-5-12)24(26)27)8-9-28-14-3-1-2-11(10-14)15(21)22/h1-7,10H,8-9H2,(H3,21,22). The van der Waals surface area contributed by atoms with Crippen molar-refractivity contribution in [1.29, 1.82) is 5.41 Å². The Hall–Kier alpha value is -3.63. The van der Waals surface area contributed by atoms with E-state index in [1.54, 1.807) is 12.1 Å². The predicted octanol–water partition coefficient (Wildman–Crippen LogP) is 2.85. The topological polar surface area (TPSA) is 123 Å². The van der Waals surface area contributed by atoms with Crippen molar-refractivity contribution in [3.05, 3.63) is 64.2 Å². The lowest BCUT2D eigenvalue weighted by molar-refractivity contribution is -0.384. The van der Waals surface area contributed by atoms with Gasteiger partial charge < -0.3 is 15.4 Å². The van der Waals surface area contributed by atoms with E-state index in [0.29, 0.717) is 10.5 Å². The highest BCUT2D eigenvalue weighted by molar-refractivity contribution is 5.97. The Balaban J connectivity index is 2.16. The van der Waals surface area contributed by atoms with E-state index in [4.69, 9.17) is 15.9 Å². The molecule has 0 spiro atoms. The van der Waals surface area contributed by atoms with Crippen LogP contribution in [0.15, 0.2) is 48.5 Å². The lowest BCUT2D eigenvalue weighted by atomic mass is 10.2. The van der Waals surface area contributed by atoms with Gasteiger partial charge >= 0.3 is 12.1 Å². The number of nitro groups is 1. The summed E-state index contributed by atoms with van der Waals surface area (Å²) >= 11 is 0. The van der Waals surface area contributed by atoms with Crippen LogP contribution in [0, 0.1) is 15.5 Å². The van der Waals surface area contributed by atoms with Crippen LogP contribution in [0.4, 0.5) is 24.5 Å². The van der Waals surface area contributed by atoms with E-state index in [0.717, 1.165) is 24.3 Å². The van der Waals surface area contributed by atoms with Crippen molar-refractivity contribution in [2.75, 3.05) is 18.1 Å². The number of nitrogen functional groups attached to an aromatic ring is 1.